The van der Waals surface area contributed by atoms with Crippen LogP contribution in [0.5, 0.6) is 0 Å². The maximum Gasteiger partial charge on any atom is 0.0442 e. The van der Waals surface area contributed by atoms with Gasteiger partial charge in [0, 0.05) is 25.0 Å². The summed E-state index contributed by atoms with van der Waals surface area (Å²) in [4.78, 5) is 2.65. The van der Waals surface area contributed by atoms with Crippen LogP contribution in [0.1, 0.15) is 46.5 Å². The number of fused-ring (bicyclic) bond motifs is 1. The lowest BCUT2D eigenvalue weighted by Crippen LogP contribution is -2.29. The highest BCUT2D eigenvalue weighted by atomic mass is 15.2. The van der Waals surface area contributed by atoms with Crippen LogP contribution < -0.4 is 0 Å². The van der Waals surface area contributed by atoms with E-state index in [1.807, 2.05) is 6.92 Å². The molecule has 1 heteroatoms. The zero-order chi connectivity index (χ0) is 11.6. The number of hydrogen-bond donors (Lipinski definition) is 0. The Morgan fingerprint density at radius 1 is 1.19 bits per heavy atom. The van der Waals surface area contributed by atoms with Gasteiger partial charge >= 0.3 is 0 Å². The first kappa shape index (κ1) is 12.0. The van der Waals surface area contributed by atoms with E-state index in [0.717, 1.165) is 11.8 Å². The van der Waals surface area contributed by atoms with Gasteiger partial charge in [-0.1, -0.05) is 26.2 Å². The lowest BCUT2D eigenvalue weighted by Gasteiger charge is -2.20. The molecule has 1 heterocycles. The first-order valence-electron chi connectivity index (χ1n) is 6.89. The van der Waals surface area contributed by atoms with E-state index in [2.05, 4.69) is 30.6 Å². The van der Waals surface area contributed by atoms with Crippen LogP contribution in [0.25, 0.3) is 0 Å². The Morgan fingerprint density at radius 3 is 2.19 bits per heavy atom. The topological polar surface area (TPSA) is 3.24 Å². The van der Waals surface area contributed by atoms with Gasteiger partial charge in [0.2, 0.25) is 0 Å². The van der Waals surface area contributed by atoms with Crippen molar-refractivity contribution in [3.63, 3.8) is 0 Å². The van der Waals surface area contributed by atoms with Crippen LogP contribution in [0.3, 0.4) is 0 Å². The predicted octanol–water partition coefficient (Wildman–Crippen LogP) is 3.16. The highest BCUT2D eigenvalue weighted by molar-refractivity contribution is 5.20. The van der Waals surface area contributed by atoms with E-state index in [-0.39, 0.29) is 0 Å². The van der Waals surface area contributed by atoms with Gasteiger partial charge < -0.3 is 4.90 Å². The number of nitrogens with zero attached hydrogens (tertiary/aromatic N) is 1. The molecule has 2 atom stereocenters. The van der Waals surface area contributed by atoms with Gasteiger partial charge in [-0.05, 0) is 38.0 Å². The summed E-state index contributed by atoms with van der Waals surface area (Å²) in [5.74, 6) is 8.64. The summed E-state index contributed by atoms with van der Waals surface area (Å²) >= 11 is 0. The molecule has 0 radical (unpaired) electrons. The molecule has 0 spiro atoms. The van der Waals surface area contributed by atoms with E-state index in [1.54, 1.807) is 0 Å². The quantitative estimate of drug-likeness (QED) is 0.645. The van der Waals surface area contributed by atoms with Crippen molar-refractivity contribution < 1.29 is 0 Å². The molecular formula is C15H25N. The Morgan fingerprint density at radius 2 is 1.75 bits per heavy atom. The molecule has 3 aliphatic rings. The minimum absolute atomic E-state index is 0.436. The Kier molecular flexibility index (Phi) is 3.60. The molecule has 0 amide bonds. The molecule has 1 nitrogen and oxygen atoms in total. The van der Waals surface area contributed by atoms with E-state index < -0.39 is 0 Å². The smallest absolute Gasteiger partial charge is 0.0442 e. The van der Waals surface area contributed by atoms with Crippen molar-refractivity contribution in [1.29, 1.82) is 0 Å². The van der Waals surface area contributed by atoms with E-state index >= 15 is 0 Å². The molecule has 0 aromatic heterocycles. The minimum Gasteiger partial charge on any atom is -0.301 e. The average Bonchev–Trinajstić information content (AvgIpc) is 3.11. The lowest BCUT2D eigenvalue weighted by atomic mass is 10.1. The fourth-order valence-corrected chi connectivity index (χ4v) is 2.79. The van der Waals surface area contributed by atoms with E-state index in [9.17, 15) is 0 Å². The van der Waals surface area contributed by atoms with Crippen molar-refractivity contribution in [3.8, 4) is 11.8 Å². The highest BCUT2D eigenvalue weighted by Crippen LogP contribution is 2.50. The summed E-state index contributed by atoms with van der Waals surface area (Å²) in [5.41, 5.74) is 0.436. The summed E-state index contributed by atoms with van der Waals surface area (Å²) in [6.45, 7) is 10.2. The number of piperidine rings is 1. The Hall–Kier alpha value is -0.480. The van der Waals surface area contributed by atoms with Crippen LogP contribution in [0.4, 0.5) is 0 Å². The number of hydrogen-bond acceptors (Lipinski definition) is 1. The van der Waals surface area contributed by atoms with Crippen LogP contribution in [-0.4, -0.2) is 24.5 Å². The van der Waals surface area contributed by atoms with Crippen LogP contribution in [0, 0.1) is 29.1 Å². The normalized spacial score (nSPS) is 32.9. The van der Waals surface area contributed by atoms with Gasteiger partial charge in [0.25, 0.3) is 0 Å². The third-order valence-electron chi connectivity index (χ3n) is 3.82. The summed E-state index contributed by atoms with van der Waals surface area (Å²) in [7, 11) is 0. The second-order valence-electron chi connectivity index (χ2n) is 5.81. The third-order valence-corrected chi connectivity index (χ3v) is 3.82. The van der Waals surface area contributed by atoms with Gasteiger partial charge in [0.1, 0.15) is 0 Å². The maximum absolute atomic E-state index is 3.40. The van der Waals surface area contributed by atoms with E-state index in [4.69, 9.17) is 0 Å². The molecule has 3 fully saturated rings. The van der Waals surface area contributed by atoms with Gasteiger partial charge in [0.15, 0.2) is 0 Å². The van der Waals surface area contributed by atoms with Gasteiger partial charge in [-0.25, -0.2) is 0 Å². The average molecular weight is 219 g/mol. The lowest BCUT2D eigenvalue weighted by molar-refractivity contribution is 0.270. The van der Waals surface area contributed by atoms with Gasteiger partial charge in [0.05, 0.1) is 0 Å². The second kappa shape index (κ2) is 4.80. The number of rotatable bonds is 2. The fraction of sp³-hybridized carbons (Fsp3) is 0.867. The molecule has 2 unspecified atom stereocenters. The largest absolute Gasteiger partial charge is 0.301 e. The molecule has 0 aromatic rings. The Balaban J connectivity index is 0.000000292. The van der Waals surface area contributed by atoms with Crippen molar-refractivity contribution in [2.75, 3.05) is 19.6 Å². The van der Waals surface area contributed by atoms with Crippen molar-refractivity contribution in [3.05, 3.63) is 0 Å². The van der Waals surface area contributed by atoms with Crippen LogP contribution >= 0.6 is 0 Å². The van der Waals surface area contributed by atoms with Crippen molar-refractivity contribution in [1.82, 2.24) is 4.90 Å². The summed E-state index contributed by atoms with van der Waals surface area (Å²) < 4.78 is 0. The van der Waals surface area contributed by atoms with Crippen LogP contribution in [0.2, 0.25) is 0 Å². The molecule has 2 saturated carbocycles. The Bertz CT molecular complexity index is 282. The summed E-state index contributed by atoms with van der Waals surface area (Å²) in [5, 5.41) is 0. The first-order valence-corrected chi connectivity index (χ1v) is 6.89. The number of likely N-dealkylation sites (tertiary alicyclic amines) is 1. The minimum atomic E-state index is 0.436. The maximum atomic E-state index is 3.40. The molecule has 2 aliphatic carbocycles. The first-order chi connectivity index (χ1) is 7.73. The summed E-state index contributed by atoms with van der Waals surface area (Å²) in [6, 6.07) is 0. The van der Waals surface area contributed by atoms with Crippen molar-refractivity contribution in [2.45, 2.75) is 46.5 Å². The Labute approximate surface area is 101 Å². The zero-order valence-corrected chi connectivity index (χ0v) is 11.1. The molecule has 0 N–H and O–H groups in total. The standard InChI is InChI=1S/C12H17N.C3H8/c1-2-3-12(4-5-12)9-13-7-10-6-11(10)8-13;1-3-2/h10-11H,4-9H2,1H3;3H2,1-2H3. The molecule has 1 aliphatic heterocycles. The van der Waals surface area contributed by atoms with Gasteiger partial charge in [-0.3, -0.25) is 0 Å². The van der Waals surface area contributed by atoms with Gasteiger partial charge in [-0.15, -0.1) is 5.92 Å². The monoisotopic (exact) mass is 219 g/mol. The second-order valence-corrected chi connectivity index (χ2v) is 5.81. The highest BCUT2D eigenvalue weighted by Gasteiger charge is 2.49. The summed E-state index contributed by atoms with van der Waals surface area (Å²) in [6.07, 6.45) is 5.46. The van der Waals surface area contributed by atoms with Gasteiger partial charge in [-0.2, -0.15) is 0 Å². The molecule has 90 valence electrons. The predicted molar refractivity (Wildman–Crippen MR) is 69.1 cm³/mol. The molecule has 1 saturated heterocycles. The SMILES string of the molecule is CC#CC1(CN2CC3CC3C2)CC1.CCC. The third kappa shape index (κ3) is 2.80. The molecular weight excluding hydrogens is 194 g/mol. The molecule has 0 bridgehead atoms. The van der Waals surface area contributed by atoms with Crippen molar-refractivity contribution in [2.24, 2.45) is 17.3 Å². The van der Waals surface area contributed by atoms with Crippen molar-refractivity contribution >= 4 is 0 Å². The zero-order valence-electron chi connectivity index (χ0n) is 11.1. The van der Waals surface area contributed by atoms with E-state index in [1.165, 1.54) is 45.3 Å². The fourth-order valence-electron chi connectivity index (χ4n) is 2.79. The van der Waals surface area contributed by atoms with Crippen LogP contribution in [0.15, 0.2) is 0 Å². The van der Waals surface area contributed by atoms with E-state index in [0.29, 0.717) is 5.41 Å². The molecule has 3 rings (SSSR count). The van der Waals surface area contributed by atoms with Crippen LogP contribution in [-0.2, 0) is 0 Å². The molecule has 16 heavy (non-hydrogen) atoms. The molecule has 0 aromatic carbocycles.